The minimum Gasteiger partial charge on any atom is -0.278 e. The molecule has 1 aromatic heterocycles. The highest BCUT2D eigenvalue weighted by Crippen LogP contribution is 2.30. The van der Waals surface area contributed by atoms with Crippen molar-refractivity contribution in [1.29, 1.82) is 0 Å². The van der Waals surface area contributed by atoms with E-state index in [1.54, 1.807) is 0 Å². The summed E-state index contributed by atoms with van der Waals surface area (Å²) in [5.74, 6) is 0. The van der Waals surface area contributed by atoms with Gasteiger partial charge < -0.3 is 0 Å². The van der Waals surface area contributed by atoms with Crippen LogP contribution in [-0.2, 0) is 12.8 Å². The van der Waals surface area contributed by atoms with Gasteiger partial charge in [-0.3, -0.25) is 5.10 Å². The SMILES string of the molecule is [CH2]CCc1n[nH]c2cccc(Cc3c(Cl)cccc3Cl)c12. The van der Waals surface area contributed by atoms with Crippen molar-refractivity contribution in [3.63, 3.8) is 0 Å². The molecule has 0 aliphatic heterocycles. The molecule has 1 N–H and O–H groups in total. The Morgan fingerprint density at radius 3 is 2.48 bits per heavy atom. The van der Waals surface area contributed by atoms with Gasteiger partial charge in [-0.1, -0.05) is 48.3 Å². The number of halogens is 2. The number of fused-ring (bicyclic) bond motifs is 1. The van der Waals surface area contributed by atoms with E-state index in [0.29, 0.717) is 16.5 Å². The third-order valence-corrected chi connectivity index (χ3v) is 4.30. The molecule has 1 radical (unpaired) electrons. The number of hydrogen-bond donors (Lipinski definition) is 1. The van der Waals surface area contributed by atoms with Crippen molar-refractivity contribution in [2.75, 3.05) is 0 Å². The first-order chi connectivity index (χ1) is 10.2. The van der Waals surface area contributed by atoms with E-state index in [1.165, 1.54) is 5.56 Å². The van der Waals surface area contributed by atoms with Gasteiger partial charge in [-0.2, -0.15) is 5.10 Å². The van der Waals surface area contributed by atoms with Crippen LogP contribution in [0.2, 0.25) is 10.0 Å². The van der Waals surface area contributed by atoms with Crippen LogP contribution in [0.25, 0.3) is 10.9 Å². The Kier molecular flexibility index (Phi) is 4.18. The predicted octanol–water partition coefficient (Wildman–Crippen LogP) is 5.23. The monoisotopic (exact) mass is 317 g/mol. The first kappa shape index (κ1) is 14.4. The largest absolute Gasteiger partial charge is 0.278 e. The Bertz CT molecular complexity index is 757. The number of rotatable bonds is 4. The lowest BCUT2D eigenvalue weighted by Crippen LogP contribution is -1.94. The topological polar surface area (TPSA) is 28.7 Å². The molecular formula is C17H15Cl2N2. The van der Waals surface area contributed by atoms with Crippen LogP contribution in [-0.4, -0.2) is 10.2 Å². The molecule has 0 unspecified atom stereocenters. The van der Waals surface area contributed by atoms with Crippen LogP contribution < -0.4 is 0 Å². The van der Waals surface area contributed by atoms with E-state index in [1.807, 2.05) is 30.3 Å². The van der Waals surface area contributed by atoms with Crippen LogP contribution in [0.3, 0.4) is 0 Å². The molecule has 3 rings (SSSR count). The van der Waals surface area contributed by atoms with Gasteiger partial charge in [0.15, 0.2) is 0 Å². The summed E-state index contributed by atoms with van der Waals surface area (Å²) in [6, 6.07) is 11.8. The number of hydrogen-bond acceptors (Lipinski definition) is 1. The second-order valence-corrected chi connectivity index (χ2v) is 5.80. The molecule has 0 aliphatic rings. The highest BCUT2D eigenvalue weighted by molar-refractivity contribution is 6.36. The zero-order chi connectivity index (χ0) is 14.8. The summed E-state index contributed by atoms with van der Waals surface area (Å²) in [4.78, 5) is 0. The fourth-order valence-electron chi connectivity index (χ4n) is 2.61. The average Bonchev–Trinajstić information content (AvgIpc) is 2.88. The summed E-state index contributed by atoms with van der Waals surface area (Å²) in [6.45, 7) is 3.91. The molecule has 3 aromatic rings. The van der Waals surface area contributed by atoms with E-state index in [0.717, 1.165) is 35.0 Å². The number of aromatic nitrogens is 2. The van der Waals surface area contributed by atoms with Crippen LogP contribution in [0.5, 0.6) is 0 Å². The molecule has 1 heterocycles. The molecule has 107 valence electrons. The molecular weight excluding hydrogens is 303 g/mol. The zero-order valence-corrected chi connectivity index (χ0v) is 13.0. The van der Waals surface area contributed by atoms with Gasteiger partial charge in [0.05, 0.1) is 11.2 Å². The fraction of sp³-hybridized carbons (Fsp3) is 0.176. The van der Waals surface area contributed by atoms with E-state index < -0.39 is 0 Å². The first-order valence-corrected chi connectivity index (χ1v) is 7.63. The number of nitrogens with zero attached hydrogens (tertiary/aromatic N) is 1. The lowest BCUT2D eigenvalue weighted by atomic mass is 9.99. The van der Waals surface area contributed by atoms with Crippen LogP contribution in [0.4, 0.5) is 0 Å². The molecule has 0 atom stereocenters. The summed E-state index contributed by atoms with van der Waals surface area (Å²) >= 11 is 12.6. The molecule has 2 aromatic carbocycles. The van der Waals surface area contributed by atoms with Gasteiger partial charge in [0.25, 0.3) is 0 Å². The molecule has 0 aliphatic carbocycles. The van der Waals surface area contributed by atoms with Crippen molar-refractivity contribution in [3.8, 4) is 0 Å². The lowest BCUT2D eigenvalue weighted by molar-refractivity contribution is 0.922. The van der Waals surface area contributed by atoms with Crippen molar-refractivity contribution >= 4 is 34.1 Å². The Hall–Kier alpha value is -1.51. The van der Waals surface area contributed by atoms with Crippen LogP contribution in [0.1, 0.15) is 23.2 Å². The quantitative estimate of drug-likeness (QED) is 0.701. The van der Waals surface area contributed by atoms with Crippen molar-refractivity contribution in [3.05, 3.63) is 70.2 Å². The smallest absolute Gasteiger partial charge is 0.0703 e. The van der Waals surface area contributed by atoms with Gasteiger partial charge in [-0.15, -0.1) is 0 Å². The predicted molar refractivity (Wildman–Crippen MR) is 89.0 cm³/mol. The van der Waals surface area contributed by atoms with Crippen LogP contribution in [0.15, 0.2) is 36.4 Å². The van der Waals surface area contributed by atoms with E-state index >= 15 is 0 Å². The van der Waals surface area contributed by atoms with Crippen LogP contribution >= 0.6 is 23.2 Å². The standard InChI is InChI=1S/C17H15Cl2N2/c1-2-5-15-17-11(6-3-9-16(17)21-20-15)10-12-13(18)7-4-8-14(12)19/h3-4,6-9H,1-2,5,10H2,(H,20,21). The summed E-state index contributed by atoms with van der Waals surface area (Å²) in [5, 5.41) is 10.0. The highest BCUT2D eigenvalue weighted by Gasteiger charge is 2.13. The van der Waals surface area contributed by atoms with Gasteiger partial charge in [0, 0.05) is 21.9 Å². The molecule has 4 heteroatoms. The lowest BCUT2D eigenvalue weighted by Gasteiger charge is -2.09. The van der Waals surface area contributed by atoms with Gasteiger partial charge in [-0.25, -0.2) is 0 Å². The highest BCUT2D eigenvalue weighted by atomic mass is 35.5. The van der Waals surface area contributed by atoms with E-state index in [-0.39, 0.29) is 0 Å². The van der Waals surface area contributed by atoms with Gasteiger partial charge in [-0.05, 0) is 42.2 Å². The molecule has 0 fully saturated rings. The Labute approximate surface area is 134 Å². The Morgan fingerprint density at radius 1 is 1.05 bits per heavy atom. The second-order valence-electron chi connectivity index (χ2n) is 4.99. The van der Waals surface area contributed by atoms with Crippen molar-refractivity contribution in [2.24, 2.45) is 0 Å². The molecule has 2 nitrogen and oxygen atoms in total. The number of benzene rings is 2. The Balaban J connectivity index is 2.10. The summed E-state index contributed by atoms with van der Waals surface area (Å²) in [7, 11) is 0. The summed E-state index contributed by atoms with van der Waals surface area (Å²) in [5.41, 5.74) is 4.23. The van der Waals surface area contributed by atoms with Gasteiger partial charge in [0.1, 0.15) is 0 Å². The van der Waals surface area contributed by atoms with E-state index in [9.17, 15) is 0 Å². The minimum absolute atomic E-state index is 0.694. The normalized spacial score (nSPS) is 11.2. The maximum atomic E-state index is 6.29. The molecule has 0 amide bonds. The minimum atomic E-state index is 0.694. The molecule has 0 saturated heterocycles. The Morgan fingerprint density at radius 2 is 1.76 bits per heavy atom. The van der Waals surface area contributed by atoms with Crippen LogP contribution in [0, 0.1) is 6.92 Å². The maximum absolute atomic E-state index is 6.29. The van der Waals surface area contributed by atoms with Gasteiger partial charge >= 0.3 is 0 Å². The third kappa shape index (κ3) is 2.78. The van der Waals surface area contributed by atoms with Crippen molar-refractivity contribution in [2.45, 2.75) is 19.3 Å². The van der Waals surface area contributed by atoms with Crippen molar-refractivity contribution in [1.82, 2.24) is 10.2 Å². The number of aromatic amines is 1. The van der Waals surface area contributed by atoms with E-state index in [2.05, 4.69) is 23.2 Å². The fourth-order valence-corrected chi connectivity index (χ4v) is 3.14. The second kappa shape index (κ2) is 6.08. The average molecular weight is 318 g/mol. The third-order valence-electron chi connectivity index (χ3n) is 3.59. The summed E-state index contributed by atoms with van der Waals surface area (Å²) in [6.07, 6.45) is 2.37. The molecule has 0 saturated carbocycles. The zero-order valence-electron chi connectivity index (χ0n) is 11.5. The first-order valence-electron chi connectivity index (χ1n) is 6.87. The number of nitrogens with one attached hydrogen (secondary N) is 1. The summed E-state index contributed by atoms with van der Waals surface area (Å²) < 4.78 is 0. The molecule has 0 spiro atoms. The van der Waals surface area contributed by atoms with Crippen molar-refractivity contribution < 1.29 is 0 Å². The molecule has 21 heavy (non-hydrogen) atoms. The molecule has 0 bridgehead atoms. The maximum Gasteiger partial charge on any atom is 0.0703 e. The number of H-pyrrole nitrogens is 1. The number of aryl methyl sites for hydroxylation is 1. The van der Waals surface area contributed by atoms with Gasteiger partial charge in [0.2, 0.25) is 0 Å². The van der Waals surface area contributed by atoms with E-state index in [4.69, 9.17) is 23.2 Å².